The van der Waals surface area contributed by atoms with E-state index in [0.29, 0.717) is 17.4 Å². The van der Waals surface area contributed by atoms with Crippen molar-refractivity contribution in [3.05, 3.63) is 27.5 Å². The van der Waals surface area contributed by atoms with E-state index >= 15 is 0 Å². The number of rotatable bonds is 5. The molecule has 0 unspecified atom stereocenters. The third-order valence-electron chi connectivity index (χ3n) is 2.72. The molecule has 0 bridgehead atoms. The lowest BCUT2D eigenvalue weighted by Gasteiger charge is -2.10. The van der Waals surface area contributed by atoms with Crippen molar-refractivity contribution in [2.45, 2.75) is 20.3 Å². The monoisotopic (exact) mass is 384 g/mol. The zero-order chi connectivity index (χ0) is 14.5. The largest absolute Gasteiger partial charge is 0.481 e. The minimum Gasteiger partial charge on any atom is -0.481 e. The number of ether oxygens (including phenoxy) is 1. The van der Waals surface area contributed by atoms with Gasteiger partial charge in [-0.25, -0.2) is 15.0 Å². The van der Waals surface area contributed by atoms with Crippen LogP contribution in [0, 0.1) is 10.5 Å². The van der Waals surface area contributed by atoms with E-state index in [9.17, 15) is 0 Å². The van der Waals surface area contributed by atoms with Gasteiger partial charge in [-0.3, -0.25) is 0 Å². The predicted octanol–water partition coefficient (Wildman–Crippen LogP) is 3.28. The van der Waals surface area contributed by atoms with Crippen LogP contribution >= 0.6 is 22.6 Å². The molecule has 0 aromatic carbocycles. The Bertz CT molecular complexity index is 604. The number of hydrogen-bond donors (Lipinski definition) is 1. The van der Waals surface area contributed by atoms with Gasteiger partial charge in [0.2, 0.25) is 5.88 Å². The highest BCUT2D eigenvalue weighted by Crippen LogP contribution is 2.23. The van der Waals surface area contributed by atoms with Gasteiger partial charge in [0.25, 0.3) is 0 Å². The van der Waals surface area contributed by atoms with Crippen LogP contribution in [0.4, 0.5) is 5.82 Å². The van der Waals surface area contributed by atoms with Crippen molar-refractivity contribution in [1.82, 2.24) is 15.0 Å². The van der Waals surface area contributed by atoms with Crippen molar-refractivity contribution in [3.63, 3.8) is 0 Å². The van der Waals surface area contributed by atoms with E-state index in [1.54, 1.807) is 13.2 Å². The van der Waals surface area contributed by atoms with Gasteiger partial charge in [-0.2, -0.15) is 0 Å². The molecule has 2 aromatic rings. The Morgan fingerprint density at radius 3 is 2.75 bits per heavy atom. The number of nitrogens with one attached hydrogen (secondary N) is 1. The minimum absolute atomic E-state index is 0.561. The van der Waals surface area contributed by atoms with E-state index in [4.69, 9.17) is 4.74 Å². The summed E-state index contributed by atoms with van der Waals surface area (Å²) >= 11 is 2.26. The Kier molecular flexibility index (Phi) is 5.11. The summed E-state index contributed by atoms with van der Waals surface area (Å²) in [4.78, 5) is 13.5. The first kappa shape index (κ1) is 15.0. The molecule has 106 valence electrons. The number of pyridine rings is 1. The summed E-state index contributed by atoms with van der Waals surface area (Å²) in [5.41, 5.74) is 1.65. The van der Waals surface area contributed by atoms with Crippen molar-refractivity contribution in [3.8, 4) is 17.4 Å². The summed E-state index contributed by atoms with van der Waals surface area (Å²) in [7, 11) is 1.60. The molecule has 20 heavy (non-hydrogen) atoms. The topological polar surface area (TPSA) is 59.9 Å². The fraction of sp³-hybridized carbons (Fsp3) is 0.357. The van der Waals surface area contributed by atoms with E-state index < -0.39 is 0 Å². The summed E-state index contributed by atoms with van der Waals surface area (Å²) < 4.78 is 6.19. The standard InChI is InChI=1S/C14H17IN4O/c1-4-8-16-14-12(15)9(2)17-13(19-14)10-6-5-7-11(18-10)20-3/h5-7H,4,8H2,1-3H3,(H,16,17,19). The van der Waals surface area contributed by atoms with Gasteiger partial charge < -0.3 is 10.1 Å². The van der Waals surface area contributed by atoms with Crippen LogP contribution in [0.3, 0.4) is 0 Å². The number of aryl methyl sites for hydroxylation is 1. The van der Waals surface area contributed by atoms with Crippen LogP contribution in [-0.2, 0) is 0 Å². The van der Waals surface area contributed by atoms with E-state index in [1.165, 1.54) is 0 Å². The Balaban J connectivity index is 2.43. The fourth-order valence-electron chi connectivity index (χ4n) is 1.69. The van der Waals surface area contributed by atoms with Crippen molar-refractivity contribution in [1.29, 1.82) is 0 Å². The van der Waals surface area contributed by atoms with Gasteiger partial charge in [-0.15, -0.1) is 0 Å². The molecule has 2 aromatic heterocycles. The van der Waals surface area contributed by atoms with Gasteiger partial charge in [-0.1, -0.05) is 13.0 Å². The summed E-state index contributed by atoms with van der Waals surface area (Å²) in [6, 6.07) is 5.57. The first-order valence-corrected chi connectivity index (χ1v) is 7.53. The highest BCUT2D eigenvalue weighted by Gasteiger charge is 2.11. The van der Waals surface area contributed by atoms with Gasteiger partial charge in [0.15, 0.2) is 5.82 Å². The second-order valence-corrected chi connectivity index (χ2v) is 5.37. The number of methoxy groups -OCH3 is 1. The molecule has 0 spiro atoms. The van der Waals surface area contributed by atoms with Gasteiger partial charge in [0.05, 0.1) is 16.4 Å². The molecule has 5 nitrogen and oxygen atoms in total. The normalized spacial score (nSPS) is 10.4. The maximum Gasteiger partial charge on any atom is 0.213 e. The number of aromatic nitrogens is 3. The number of halogens is 1. The molecule has 6 heteroatoms. The quantitative estimate of drug-likeness (QED) is 0.802. The smallest absolute Gasteiger partial charge is 0.213 e. The summed E-state index contributed by atoms with van der Waals surface area (Å²) in [5, 5.41) is 3.32. The van der Waals surface area contributed by atoms with E-state index in [1.807, 2.05) is 19.1 Å². The number of nitrogens with zero attached hydrogens (tertiary/aromatic N) is 3. The Morgan fingerprint density at radius 1 is 1.25 bits per heavy atom. The fourth-order valence-corrected chi connectivity index (χ4v) is 2.12. The van der Waals surface area contributed by atoms with E-state index in [-0.39, 0.29) is 0 Å². The molecular formula is C14H17IN4O. The van der Waals surface area contributed by atoms with E-state index in [0.717, 1.165) is 28.0 Å². The maximum absolute atomic E-state index is 5.14. The maximum atomic E-state index is 5.14. The van der Waals surface area contributed by atoms with Crippen molar-refractivity contribution in [2.24, 2.45) is 0 Å². The molecule has 0 saturated heterocycles. The molecular weight excluding hydrogens is 367 g/mol. The zero-order valence-corrected chi connectivity index (χ0v) is 13.9. The summed E-state index contributed by atoms with van der Waals surface area (Å²) in [6.45, 7) is 4.99. The first-order chi connectivity index (χ1) is 9.65. The first-order valence-electron chi connectivity index (χ1n) is 6.45. The zero-order valence-electron chi connectivity index (χ0n) is 11.8. The SMILES string of the molecule is CCCNc1nc(-c2cccc(OC)n2)nc(C)c1I. The summed E-state index contributed by atoms with van der Waals surface area (Å²) in [6.07, 6.45) is 1.05. The van der Waals surface area contributed by atoms with Crippen LogP contribution in [0.25, 0.3) is 11.5 Å². The van der Waals surface area contributed by atoms with E-state index in [2.05, 4.69) is 49.8 Å². The Morgan fingerprint density at radius 2 is 2.05 bits per heavy atom. The molecule has 2 rings (SSSR count). The lowest BCUT2D eigenvalue weighted by molar-refractivity contribution is 0.398. The molecule has 2 heterocycles. The second-order valence-electron chi connectivity index (χ2n) is 4.29. The second kappa shape index (κ2) is 6.83. The van der Waals surface area contributed by atoms with Gasteiger partial charge >= 0.3 is 0 Å². The Hall–Kier alpha value is -1.44. The average Bonchev–Trinajstić information content (AvgIpc) is 2.48. The molecule has 0 amide bonds. The molecule has 0 saturated carbocycles. The third-order valence-corrected chi connectivity index (χ3v) is 4.01. The average molecular weight is 384 g/mol. The number of anilines is 1. The molecule has 1 N–H and O–H groups in total. The van der Waals surface area contributed by atoms with Gasteiger partial charge in [0, 0.05) is 12.6 Å². The van der Waals surface area contributed by atoms with Crippen molar-refractivity contribution < 1.29 is 4.74 Å². The molecule has 0 aliphatic carbocycles. The summed E-state index contributed by atoms with van der Waals surface area (Å²) in [5.74, 6) is 2.03. The molecule has 0 fully saturated rings. The third kappa shape index (κ3) is 3.36. The lowest BCUT2D eigenvalue weighted by Crippen LogP contribution is -2.08. The molecule has 0 atom stereocenters. The van der Waals surface area contributed by atoms with Gasteiger partial charge in [-0.05, 0) is 42.0 Å². The van der Waals surface area contributed by atoms with Gasteiger partial charge in [0.1, 0.15) is 11.5 Å². The van der Waals surface area contributed by atoms with Crippen LogP contribution in [0.5, 0.6) is 5.88 Å². The highest BCUT2D eigenvalue weighted by atomic mass is 127. The van der Waals surface area contributed by atoms with Crippen LogP contribution in [0.15, 0.2) is 18.2 Å². The molecule has 0 aliphatic rings. The van der Waals surface area contributed by atoms with Crippen molar-refractivity contribution in [2.75, 3.05) is 19.0 Å². The number of hydrogen-bond acceptors (Lipinski definition) is 5. The van der Waals surface area contributed by atoms with Crippen LogP contribution < -0.4 is 10.1 Å². The van der Waals surface area contributed by atoms with Crippen LogP contribution in [-0.4, -0.2) is 28.6 Å². The minimum atomic E-state index is 0.561. The van der Waals surface area contributed by atoms with Crippen molar-refractivity contribution >= 4 is 28.4 Å². The lowest BCUT2D eigenvalue weighted by atomic mass is 10.3. The molecule has 0 aliphatic heterocycles. The highest BCUT2D eigenvalue weighted by molar-refractivity contribution is 14.1. The van der Waals surface area contributed by atoms with Crippen LogP contribution in [0.1, 0.15) is 19.0 Å². The molecule has 0 radical (unpaired) electrons. The Labute approximate surface area is 132 Å². The predicted molar refractivity (Wildman–Crippen MR) is 88.0 cm³/mol. The van der Waals surface area contributed by atoms with Crippen LogP contribution in [0.2, 0.25) is 0 Å².